The number of carbonyl (C=O) groups excluding carboxylic acids is 3. The summed E-state index contributed by atoms with van der Waals surface area (Å²) in [6, 6.07) is 9.63. The monoisotopic (exact) mass is 748 g/mol. The van der Waals surface area contributed by atoms with Gasteiger partial charge < -0.3 is 24.5 Å². The van der Waals surface area contributed by atoms with E-state index in [1.54, 1.807) is 4.52 Å². The van der Waals surface area contributed by atoms with Gasteiger partial charge in [-0.15, -0.1) is 0 Å². The van der Waals surface area contributed by atoms with Gasteiger partial charge in [0.1, 0.15) is 6.33 Å². The molecule has 0 aliphatic carbocycles. The SMILES string of the molecule is COc1cc(C(=O)OCOC(=O)n2c(-c3cn4ncnc4c(C)c3C)c(C(C)C)c3cc(C4CCN(CC(N)=O)CC4)ccc32)ccc1OP(=O)(O)O. The van der Waals surface area contributed by atoms with Gasteiger partial charge in [0.25, 0.3) is 0 Å². The van der Waals surface area contributed by atoms with E-state index in [1.165, 1.54) is 30.1 Å². The van der Waals surface area contributed by atoms with Crippen molar-refractivity contribution in [3.8, 4) is 22.8 Å². The number of carbonyl (C=O) groups is 3. The van der Waals surface area contributed by atoms with Crippen LogP contribution in [0.4, 0.5) is 4.79 Å². The van der Waals surface area contributed by atoms with E-state index in [1.807, 2.05) is 32.2 Å². The first-order chi connectivity index (χ1) is 25.2. The number of ether oxygens (including phenoxy) is 3. The molecule has 3 aromatic heterocycles. The number of hydrogen-bond donors (Lipinski definition) is 3. The predicted octanol–water partition coefficient (Wildman–Crippen LogP) is 5.04. The average Bonchev–Trinajstić information content (AvgIpc) is 3.72. The molecule has 280 valence electrons. The van der Waals surface area contributed by atoms with Crippen molar-refractivity contribution in [1.82, 2.24) is 24.1 Å². The second kappa shape index (κ2) is 15.0. The van der Waals surface area contributed by atoms with E-state index >= 15 is 0 Å². The molecule has 6 rings (SSSR count). The number of aryl methyl sites for hydroxylation is 1. The summed E-state index contributed by atoms with van der Waals surface area (Å²) in [5.74, 6) is -1.41. The van der Waals surface area contributed by atoms with Crippen LogP contribution in [0.15, 0.2) is 48.9 Å². The van der Waals surface area contributed by atoms with Gasteiger partial charge in [-0.3, -0.25) is 19.5 Å². The van der Waals surface area contributed by atoms with Crippen LogP contribution in [0.1, 0.15) is 71.1 Å². The standard InChI is InChI=1S/C36H41N6O10P/c1-20(2)32-26-14-24(23-10-12-40(13-11-23)17-31(37)43)6-8-28(26)42(33(32)27-16-41-34(38-18-39-41)22(4)21(27)3)36(45)51-19-50-35(44)25-7-9-29(30(15-25)49-5)52-53(46,47)48/h6-9,14-16,18,20,23H,10-13,17,19H2,1-5H3,(H2,37,43)(H2,46,47,48). The summed E-state index contributed by atoms with van der Waals surface area (Å²) < 4.78 is 35.1. The predicted molar refractivity (Wildman–Crippen MR) is 193 cm³/mol. The van der Waals surface area contributed by atoms with Crippen molar-refractivity contribution in [3.63, 3.8) is 0 Å². The summed E-state index contributed by atoms with van der Waals surface area (Å²) >= 11 is 0. The number of primary amides is 1. The number of aromatic nitrogens is 4. The van der Waals surface area contributed by atoms with Crippen LogP contribution in [-0.2, 0) is 18.8 Å². The van der Waals surface area contributed by atoms with Crippen LogP contribution >= 0.6 is 7.82 Å². The molecule has 1 fully saturated rings. The third-order valence-electron chi connectivity index (χ3n) is 9.60. The number of fused-ring (bicyclic) bond motifs is 2. The Labute approximate surface area is 304 Å². The summed E-state index contributed by atoms with van der Waals surface area (Å²) in [6.07, 6.45) is 4.24. The molecule has 1 aliphatic heterocycles. The van der Waals surface area contributed by atoms with Gasteiger partial charge in [-0.2, -0.15) is 5.10 Å². The third-order valence-corrected chi connectivity index (χ3v) is 10.0. The van der Waals surface area contributed by atoms with Crippen LogP contribution in [-0.4, -0.2) is 85.4 Å². The fourth-order valence-electron chi connectivity index (χ4n) is 6.99. The highest BCUT2D eigenvalue weighted by atomic mass is 31.2. The second-order valence-corrected chi connectivity index (χ2v) is 14.4. The summed E-state index contributed by atoms with van der Waals surface area (Å²) in [4.78, 5) is 63.4. The summed E-state index contributed by atoms with van der Waals surface area (Å²) in [7, 11) is -3.64. The molecule has 1 saturated heterocycles. The Morgan fingerprint density at radius 1 is 1.02 bits per heavy atom. The average molecular weight is 749 g/mol. The molecule has 4 heterocycles. The smallest absolute Gasteiger partial charge is 0.493 e. The summed E-state index contributed by atoms with van der Waals surface area (Å²) in [5.41, 5.74) is 11.9. The van der Waals surface area contributed by atoms with Crippen molar-refractivity contribution < 1.29 is 47.5 Å². The molecule has 0 bridgehead atoms. The Morgan fingerprint density at radius 2 is 1.75 bits per heavy atom. The minimum Gasteiger partial charge on any atom is -0.493 e. The Kier molecular flexibility index (Phi) is 10.6. The molecule has 1 amide bonds. The van der Waals surface area contributed by atoms with Crippen LogP contribution in [0.2, 0.25) is 0 Å². The van der Waals surface area contributed by atoms with Crippen molar-refractivity contribution in [2.24, 2.45) is 5.73 Å². The van der Waals surface area contributed by atoms with E-state index in [2.05, 4.69) is 39.4 Å². The topological polar surface area (TPSA) is 210 Å². The van der Waals surface area contributed by atoms with Gasteiger partial charge in [0.05, 0.1) is 30.4 Å². The van der Waals surface area contributed by atoms with Crippen LogP contribution in [0.25, 0.3) is 27.8 Å². The van der Waals surface area contributed by atoms with Gasteiger partial charge in [0.2, 0.25) is 12.7 Å². The van der Waals surface area contributed by atoms with Crippen molar-refractivity contribution in [2.45, 2.75) is 52.4 Å². The molecule has 4 N–H and O–H groups in total. The van der Waals surface area contributed by atoms with Crippen molar-refractivity contribution in [2.75, 3.05) is 33.5 Å². The van der Waals surface area contributed by atoms with E-state index in [9.17, 15) is 18.9 Å². The number of phosphoric acid groups is 1. The number of amides is 1. The lowest BCUT2D eigenvalue weighted by molar-refractivity contribution is -0.119. The molecule has 1 aliphatic rings. The number of methoxy groups -OCH3 is 1. The fraction of sp³-hybridized carbons (Fsp3) is 0.361. The largest absolute Gasteiger partial charge is 0.524 e. The van der Waals surface area contributed by atoms with Crippen LogP contribution in [0.3, 0.4) is 0 Å². The van der Waals surface area contributed by atoms with E-state index in [-0.39, 0.29) is 41.4 Å². The molecule has 17 heteroatoms. The lowest BCUT2D eigenvalue weighted by atomic mass is 9.87. The Morgan fingerprint density at radius 3 is 2.42 bits per heavy atom. The summed E-state index contributed by atoms with van der Waals surface area (Å²) in [5, 5.41) is 5.25. The highest BCUT2D eigenvalue weighted by Gasteiger charge is 2.30. The van der Waals surface area contributed by atoms with Crippen molar-refractivity contribution in [3.05, 3.63) is 76.7 Å². The number of nitrogens with zero attached hydrogens (tertiary/aromatic N) is 5. The van der Waals surface area contributed by atoms with Gasteiger partial charge in [-0.05, 0) is 104 Å². The second-order valence-electron chi connectivity index (χ2n) is 13.3. The maximum absolute atomic E-state index is 14.2. The number of nitrogens with two attached hydrogens (primary N) is 1. The highest BCUT2D eigenvalue weighted by molar-refractivity contribution is 7.46. The first-order valence-electron chi connectivity index (χ1n) is 16.9. The number of piperidine rings is 1. The first kappa shape index (κ1) is 37.5. The van der Waals surface area contributed by atoms with E-state index < -0.39 is 26.7 Å². The minimum absolute atomic E-state index is 0.0364. The fourth-order valence-corrected chi connectivity index (χ4v) is 7.40. The van der Waals surface area contributed by atoms with Crippen molar-refractivity contribution >= 4 is 42.3 Å². The first-order valence-corrected chi connectivity index (χ1v) is 18.5. The van der Waals surface area contributed by atoms with Gasteiger partial charge >= 0.3 is 19.9 Å². The summed E-state index contributed by atoms with van der Waals surface area (Å²) in [6.45, 7) is 9.02. The van der Waals surface area contributed by atoms with E-state index in [0.29, 0.717) is 16.9 Å². The van der Waals surface area contributed by atoms with E-state index in [0.717, 1.165) is 65.2 Å². The zero-order chi connectivity index (χ0) is 38.2. The van der Waals surface area contributed by atoms with Crippen LogP contribution in [0.5, 0.6) is 11.5 Å². The molecule has 53 heavy (non-hydrogen) atoms. The maximum Gasteiger partial charge on any atom is 0.524 e. The van der Waals surface area contributed by atoms with Gasteiger partial charge in [-0.1, -0.05) is 19.9 Å². The number of phosphoric ester groups is 1. The molecule has 0 unspecified atom stereocenters. The molecular formula is C36H41N6O10P. The molecule has 0 saturated carbocycles. The Hall–Kier alpha value is -5.28. The molecule has 0 atom stereocenters. The Bertz CT molecular complexity index is 2270. The van der Waals surface area contributed by atoms with Crippen LogP contribution in [0, 0.1) is 13.8 Å². The van der Waals surface area contributed by atoms with Crippen LogP contribution < -0.4 is 15.0 Å². The number of rotatable bonds is 11. The number of esters is 1. The van der Waals surface area contributed by atoms with E-state index in [4.69, 9.17) is 29.7 Å². The van der Waals surface area contributed by atoms with Gasteiger partial charge in [0, 0.05) is 17.1 Å². The maximum atomic E-state index is 14.2. The molecule has 16 nitrogen and oxygen atoms in total. The highest BCUT2D eigenvalue weighted by Crippen LogP contribution is 2.43. The third kappa shape index (κ3) is 7.76. The van der Waals surface area contributed by atoms with Crippen molar-refractivity contribution in [1.29, 1.82) is 0 Å². The molecule has 0 spiro atoms. The van der Waals surface area contributed by atoms with Gasteiger partial charge in [-0.25, -0.2) is 28.2 Å². The Balaban J connectivity index is 1.35. The minimum atomic E-state index is -4.89. The number of benzene rings is 2. The lowest BCUT2D eigenvalue weighted by Gasteiger charge is -2.31. The lowest BCUT2D eigenvalue weighted by Crippen LogP contribution is -2.39. The molecule has 5 aromatic rings. The molecule has 0 radical (unpaired) electrons. The zero-order valence-corrected chi connectivity index (χ0v) is 30.8. The molecule has 2 aromatic carbocycles. The number of hydrogen-bond acceptors (Lipinski definition) is 11. The van der Waals surface area contributed by atoms with Gasteiger partial charge in [0.15, 0.2) is 17.1 Å². The zero-order valence-electron chi connectivity index (χ0n) is 29.9. The number of likely N-dealkylation sites (tertiary alicyclic amines) is 1. The quantitative estimate of drug-likeness (QED) is 0.0920. The number of pyridine rings is 1. The molecular weight excluding hydrogens is 707 g/mol. The normalized spacial score (nSPS) is 14.2.